The zero-order chi connectivity index (χ0) is 34.2. The largest absolute Gasteiger partial charge is 0.309 e. The minimum Gasteiger partial charge on any atom is -0.309 e. The van der Waals surface area contributed by atoms with Crippen molar-refractivity contribution < 1.29 is 0 Å². The minimum absolute atomic E-state index is 0.689. The average Bonchev–Trinajstić information content (AvgIpc) is 3.78. The van der Waals surface area contributed by atoms with Gasteiger partial charge in [0.05, 0.1) is 44.2 Å². The van der Waals surface area contributed by atoms with Gasteiger partial charge in [-0.05, 0) is 59.7 Å². The summed E-state index contributed by atoms with van der Waals surface area (Å²) in [5, 5.41) is 4.50. The predicted molar refractivity (Wildman–Crippen MR) is 214 cm³/mol. The molecule has 0 saturated carbocycles. The first kappa shape index (κ1) is 28.7. The summed E-state index contributed by atoms with van der Waals surface area (Å²) in [7, 11) is 0. The van der Waals surface area contributed by atoms with E-state index in [2.05, 4.69) is 155 Å². The van der Waals surface area contributed by atoms with Gasteiger partial charge in [-0.1, -0.05) is 127 Å². The maximum atomic E-state index is 5.35. The summed E-state index contributed by atoms with van der Waals surface area (Å²) in [5.41, 5.74) is 13.4. The Balaban J connectivity index is 1.18. The van der Waals surface area contributed by atoms with Crippen molar-refractivity contribution >= 4 is 60.3 Å². The zero-order valence-electron chi connectivity index (χ0n) is 28.0. The molecule has 0 fully saturated rings. The van der Waals surface area contributed by atoms with Crippen molar-refractivity contribution in [3.8, 4) is 39.5 Å². The number of aromatic nitrogens is 5. The Kier molecular flexibility index (Phi) is 6.18. The minimum atomic E-state index is 0.689. The lowest BCUT2D eigenvalue weighted by Gasteiger charge is -2.15. The van der Waals surface area contributed by atoms with Gasteiger partial charge in [-0.2, -0.15) is 0 Å². The third kappa shape index (κ3) is 4.26. The van der Waals surface area contributed by atoms with Crippen molar-refractivity contribution in [3.05, 3.63) is 176 Å². The maximum absolute atomic E-state index is 5.35. The number of hydrogen-bond acceptors (Lipinski definition) is 3. The van der Waals surface area contributed by atoms with Crippen LogP contribution in [0.3, 0.4) is 0 Å². The van der Waals surface area contributed by atoms with E-state index >= 15 is 0 Å². The Hall–Kier alpha value is -7.11. The van der Waals surface area contributed by atoms with E-state index in [1.807, 2.05) is 30.3 Å². The number of nitrogens with zero attached hydrogens (tertiary/aromatic N) is 5. The van der Waals surface area contributed by atoms with Crippen LogP contribution < -0.4 is 0 Å². The molecule has 0 saturated heterocycles. The van der Waals surface area contributed by atoms with Crippen LogP contribution in [-0.2, 0) is 0 Å². The summed E-state index contributed by atoms with van der Waals surface area (Å²) in [5.74, 6) is 0.689. The first-order valence-electron chi connectivity index (χ1n) is 17.5. The second kappa shape index (κ2) is 11.2. The number of pyridine rings is 1. The second-order valence-electron chi connectivity index (χ2n) is 13.3. The third-order valence-corrected chi connectivity index (χ3v) is 10.3. The number of hydrogen-bond donors (Lipinski definition) is 0. The molecule has 0 aliphatic rings. The molecule has 0 bridgehead atoms. The lowest BCUT2D eigenvalue weighted by Crippen LogP contribution is -2.00. The van der Waals surface area contributed by atoms with Gasteiger partial charge >= 0.3 is 0 Å². The molecule has 7 aromatic carbocycles. The number of imidazole rings is 1. The normalized spacial score (nSPS) is 11.8. The fourth-order valence-corrected chi connectivity index (χ4v) is 7.93. The van der Waals surface area contributed by atoms with Gasteiger partial charge < -0.3 is 4.57 Å². The predicted octanol–water partition coefficient (Wildman–Crippen LogP) is 11.7. The topological polar surface area (TPSA) is 48.0 Å². The molecular formula is C47H29N5. The van der Waals surface area contributed by atoms with Crippen LogP contribution >= 0.6 is 0 Å². The van der Waals surface area contributed by atoms with Crippen LogP contribution in [-0.4, -0.2) is 23.9 Å². The maximum Gasteiger partial charge on any atom is 0.160 e. The van der Waals surface area contributed by atoms with Crippen LogP contribution in [0.25, 0.3) is 99.8 Å². The van der Waals surface area contributed by atoms with Gasteiger partial charge in [-0.15, -0.1) is 0 Å². The average molecular weight is 664 g/mol. The molecule has 5 heteroatoms. The summed E-state index contributed by atoms with van der Waals surface area (Å²) in [4.78, 5) is 15.8. The molecule has 0 N–H and O–H groups in total. The van der Waals surface area contributed by atoms with Crippen LogP contribution in [0.4, 0.5) is 0 Å². The van der Waals surface area contributed by atoms with E-state index in [0.29, 0.717) is 5.82 Å². The molecule has 52 heavy (non-hydrogen) atoms. The number of rotatable bonds is 4. The molecule has 242 valence electrons. The molecule has 0 atom stereocenters. The summed E-state index contributed by atoms with van der Waals surface area (Å²) in [6.07, 6.45) is 0. The van der Waals surface area contributed by atoms with E-state index in [1.165, 1.54) is 21.8 Å². The quantitative estimate of drug-likeness (QED) is 0.176. The molecule has 11 aromatic rings. The molecule has 0 unspecified atom stereocenters. The van der Waals surface area contributed by atoms with Crippen molar-refractivity contribution in [2.45, 2.75) is 0 Å². The van der Waals surface area contributed by atoms with Crippen molar-refractivity contribution in [2.24, 2.45) is 0 Å². The van der Waals surface area contributed by atoms with Gasteiger partial charge in [-0.25, -0.2) is 15.0 Å². The highest BCUT2D eigenvalue weighted by Gasteiger charge is 2.21. The molecule has 0 aliphatic carbocycles. The first-order valence-corrected chi connectivity index (χ1v) is 17.5. The first-order chi connectivity index (χ1) is 25.8. The number of fused-ring (bicyclic) bond motifs is 11. The molecular weight excluding hydrogens is 635 g/mol. The number of para-hydroxylation sites is 4. The monoisotopic (exact) mass is 663 g/mol. The lowest BCUT2D eigenvalue weighted by molar-refractivity contribution is 1.18. The van der Waals surface area contributed by atoms with E-state index in [1.54, 1.807) is 0 Å². The standard InChI is InChI=1S/C47H29N5/c1-3-13-31(14-4-1)44-43-45(50-46(49-44)32-15-5-2-6-16-32)37-29-33(25-28-41(37)52-42-22-12-9-19-38(42)48-47(43)52)30-23-26-34(27-24-30)51-39-20-10-7-17-35(39)36-18-8-11-21-40(36)51/h1-29H. The second-order valence-corrected chi connectivity index (χ2v) is 13.3. The summed E-state index contributed by atoms with van der Waals surface area (Å²) < 4.78 is 4.64. The fraction of sp³-hybridized carbons (Fsp3) is 0. The van der Waals surface area contributed by atoms with Gasteiger partial charge in [0, 0.05) is 33.0 Å². The van der Waals surface area contributed by atoms with E-state index in [4.69, 9.17) is 15.0 Å². The van der Waals surface area contributed by atoms with Crippen molar-refractivity contribution in [3.63, 3.8) is 0 Å². The summed E-state index contributed by atoms with van der Waals surface area (Å²) >= 11 is 0. The van der Waals surface area contributed by atoms with E-state index in [0.717, 1.165) is 72.1 Å². The highest BCUT2D eigenvalue weighted by atomic mass is 15.0. The molecule has 0 spiro atoms. The van der Waals surface area contributed by atoms with Crippen LogP contribution in [0.1, 0.15) is 0 Å². The molecule has 11 rings (SSSR count). The van der Waals surface area contributed by atoms with E-state index < -0.39 is 0 Å². The Bertz CT molecular complexity index is 3110. The molecule has 0 radical (unpaired) electrons. The number of benzene rings is 7. The van der Waals surface area contributed by atoms with Gasteiger partial charge in [-0.3, -0.25) is 4.40 Å². The van der Waals surface area contributed by atoms with E-state index in [-0.39, 0.29) is 0 Å². The highest BCUT2D eigenvalue weighted by Crippen LogP contribution is 2.39. The van der Waals surface area contributed by atoms with Crippen LogP contribution in [0, 0.1) is 0 Å². The van der Waals surface area contributed by atoms with Crippen molar-refractivity contribution in [2.75, 3.05) is 0 Å². The Morgan fingerprint density at radius 1 is 0.385 bits per heavy atom. The molecule has 0 amide bonds. The fourth-order valence-electron chi connectivity index (χ4n) is 7.93. The van der Waals surface area contributed by atoms with Crippen LogP contribution in [0.2, 0.25) is 0 Å². The zero-order valence-corrected chi connectivity index (χ0v) is 28.0. The SMILES string of the molecule is c1ccc(-c2nc(-c3ccccc3)c3c(n2)c2cc(-c4ccc(-n5c6ccccc6c6ccccc65)cc4)ccc2n2c4ccccc4nc32)cc1. The lowest BCUT2D eigenvalue weighted by atomic mass is 9.99. The third-order valence-electron chi connectivity index (χ3n) is 10.3. The van der Waals surface area contributed by atoms with Crippen molar-refractivity contribution in [1.82, 2.24) is 23.9 Å². The summed E-state index contributed by atoms with van der Waals surface area (Å²) in [6.45, 7) is 0. The van der Waals surface area contributed by atoms with Gasteiger partial charge in [0.2, 0.25) is 0 Å². The molecule has 0 aliphatic heterocycles. The van der Waals surface area contributed by atoms with Gasteiger partial charge in [0.25, 0.3) is 0 Å². The summed E-state index contributed by atoms with van der Waals surface area (Å²) in [6, 6.07) is 61.9. The Morgan fingerprint density at radius 2 is 0.981 bits per heavy atom. The molecule has 4 aromatic heterocycles. The Labute approximate surface area is 298 Å². The molecule has 4 heterocycles. The Morgan fingerprint density at radius 3 is 1.69 bits per heavy atom. The smallest absolute Gasteiger partial charge is 0.160 e. The van der Waals surface area contributed by atoms with Crippen LogP contribution in [0.5, 0.6) is 0 Å². The molecule has 5 nitrogen and oxygen atoms in total. The van der Waals surface area contributed by atoms with Gasteiger partial charge in [0.15, 0.2) is 5.82 Å². The van der Waals surface area contributed by atoms with Crippen LogP contribution in [0.15, 0.2) is 176 Å². The highest BCUT2D eigenvalue weighted by molar-refractivity contribution is 6.17. The van der Waals surface area contributed by atoms with Crippen molar-refractivity contribution in [1.29, 1.82) is 0 Å². The van der Waals surface area contributed by atoms with Gasteiger partial charge in [0.1, 0.15) is 5.65 Å². The van der Waals surface area contributed by atoms with E-state index in [9.17, 15) is 0 Å².